The first kappa shape index (κ1) is 18.8. The molecule has 5 rings (SSSR count). The van der Waals surface area contributed by atoms with Gasteiger partial charge in [0.15, 0.2) is 6.10 Å². The van der Waals surface area contributed by atoms with Crippen LogP contribution < -0.4 is 14.7 Å². The van der Waals surface area contributed by atoms with Crippen molar-refractivity contribution >= 4 is 34.5 Å². The van der Waals surface area contributed by atoms with Gasteiger partial charge in [0.05, 0.1) is 18.0 Å². The van der Waals surface area contributed by atoms with Crippen molar-refractivity contribution in [3.8, 4) is 5.75 Å². The summed E-state index contributed by atoms with van der Waals surface area (Å²) in [5.74, 6) is -0.494. The molecule has 0 spiro atoms. The quantitative estimate of drug-likeness (QED) is 0.579. The molecule has 0 aliphatic carbocycles. The number of rotatable bonds is 5. The fraction of sp³-hybridized carbons (Fsp3) is 0.217. The lowest BCUT2D eigenvalue weighted by atomic mass is 9.95. The van der Waals surface area contributed by atoms with Gasteiger partial charge in [-0.2, -0.15) is 0 Å². The molecule has 0 unspecified atom stereocenters. The number of hydroxylamine groups is 1. The van der Waals surface area contributed by atoms with E-state index in [1.165, 1.54) is 4.90 Å². The number of carbonyl (C=O) groups excluding carboxylic acids is 2. The summed E-state index contributed by atoms with van der Waals surface area (Å²) in [6.45, 7) is 2.46. The Morgan fingerprint density at radius 2 is 1.70 bits per heavy atom. The third-order valence-electron chi connectivity index (χ3n) is 5.37. The summed E-state index contributed by atoms with van der Waals surface area (Å²) >= 11 is 1.56. The minimum absolute atomic E-state index is 0.244. The van der Waals surface area contributed by atoms with Gasteiger partial charge in [-0.25, -0.2) is 9.96 Å². The number of nitrogens with zero attached hydrogens (tertiary/aromatic N) is 2. The highest BCUT2D eigenvalue weighted by molar-refractivity contribution is 7.10. The van der Waals surface area contributed by atoms with Crippen molar-refractivity contribution in [2.75, 3.05) is 16.6 Å². The van der Waals surface area contributed by atoms with Crippen LogP contribution in [0.3, 0.4) is 0 Å². The summed E-state index contributed by atoms with van der Waals surface area (Å²) in [6, 6.07) is 20.1. The number of imide groups is 1. The molecule has 30 heavy (non-hydrogen) atoms. The maximum atomic E-state index is 13.5. The van der Waals surface area contributed by atoms with Gasteiger partial charge in [0, 0.05) is 4.88 Å². The number of hydrogen-bond acceptors (Lipinski definition) is 6. The van der Waals surface area contributed by atoms with Gasteiger partial charge in [-0.05, 0) is 54.8 Å². The van der Waals surface area contributed by atoms with Crippen LogP contribution in [0.1, 0.15) is 17.8 Å². The Labute approximate surface area is 178 Å². The lowest BCUT2D eigenvalue weighted by molar-refractivity contribution is -0.126. The second kappa shape index (κ2) is 7.59. The molecule has 152 valence electrons. The highest BCUT2D eigenvalue weighted by Gasteiger charge is 2.60. The van der Waals surface area contributed by atoms with Crippen molar-refractivity contribution < 1.29 is 19.2 Å². The highest BCUT2D eigenvalue weighted by Crippen LogP contribution is 2.48. The second-order valence-corrected chi connectivity index (χ2v) is 8.09. The molecule has 0 radical (unpaired) electrons. The lowest BCUT2D eigenvalue weighted by Crippen LogP contribution is -2.37. The van der Waals surface area contributed by atoms with Crippen LogP contribution in [0, 0.1) is 5.92 Å². The highest BCUT2D eigenvalue weighted by atomic mass is 32.1. The zero-order valence-corrected chi connectivity index (χ0v) is 17.1. The van der Waals surface area contributed by atoms with E-state index in [0.717, 1.165) is 10.6 Å². The molecule has 7 heteroatoms. The van der Waals surface area contributed by atoms with E-state index in [1.807, 2.05) is 54.8 Å². The molecule has 1 aromatic heterocycles. The first-order valence-corrected chi connectivity index (χ1v) is 10.7. The number of amides is 2. The Kier molecular flexibility index (Phi) is 4.77. The van der Waals surface area contributed by atoms with Gasteiger partial charge in [-0.3, -0.25) is 14.4 Å². The molecule has 0 saturated carbocycles. The number of ether oxygens (including phenoxy) is 1. The van der Waals surface area contributed by atoms with Crippen LogP contribution in [0.2, 0.25) is 0 Å². The predicted molar refractivity (Wildman–Crippen MR) is 114 cm³/mol. The van der Waals surface area contributed by atoms with Gasteiger partial charge in [-0.1, -0.05) is 24.3 Å². The zero-order valence-electron chi connectivity index (χ0n) is 16.3. The lowest BCUT2D eigenvalue weighted by Gasteiger charge is -2.27. The van der Waals surface area contributed by atoms with Crippen LogP contribution in [0.25, 0.3) is 0 Å². The van der Waals surface area contributed by atoms with E-state index < -0.39 is 12.0 Å². The average Bonchev–Trinajstić information content (AvgIpc) is 3.48. The number of para-hydroxylation sites is 1. The number of anilines is 2. The summed E-state index contributed by atoms with van der Waals surface area (Å²) in [5, 5.41) is 3.68. The van der Waals surface area contributed by atoms with Gasteiger partial charge in [0.2, 0.25) is 5.91 Å². The summed E-state index contributed by atoms with van der Waals surface area (Å²) in [6.07, 6.45) is -0.851. The van der Waals surface area contributed by atoms with E-state index in [2.05, 4.69) is 0 Å². The normalized spacial score (nSPS) is 23.2. The maximum absolute atomic E-state index is 13.5. The Morgan fingerprint density at radius 3 is 2.37 bits per heavy atom. The molecule has 2 saturated heterocycles. The van der Waals surface area contributed by atoms with Crippen molar-refractivity contribution in [1.82, 2.24) is 0 Å². The Morgan fingerprint density at radius 1 is 0.933 bits per heavy atom. The van der Waals surface area contributed by atoms with Crippen LogP contribution >= 0.6 is 11.3 Å². The molecule has 0 N–H and O–H groups in total. The summed E-state index contributed by atoms with van der Waals surface area (Å²) < 4.78 is 5.46. The van der Waals surface area contributed by atoms with E-state index in [4.69, 9.17) is 9.57 Å². The molecule has 3 aromatic rings. The van der Waals surface area contributed by atoms with Crippen LogP contribution in [-0.4, -0.2) is 24.5 Å². The standard InChI is InChI=1S/C23H20N2O4S/c1-2-28-17-12-10-15(11-13-17)24-22(26)19-20(18-9-6-14-30-18)25(29-21(19)23(24)27)16-7-4-3-5-8-16/h3-14,19-21H,2H2,1H3/t19-,20-,21+/m1/s1. The topological polar surface area (TPSA) is 59.1 Å². The number of thiophene rings is 1. The molecular formula is C23H20N2O4S. The van der Waals surface area contributed by atoms with Gasteiger partial charge in [0.1, 0.15) is 17.7 Å². The Balaban J connectivity index is 1.51. The third-order valence-corrected chi connectivity index (χ3v) is 6.31. The molecule has 2 amide bonds. The predicted octanol–water partition coefficient (Wildman–Crippen LogP) is 4.20. The van der Waals surface area contributed by atoms with Crippen molar-refractivity contribution in [3.05, 3.63) is 77.0 Å². The van der Waals surface area contributed by atoms with Gasteiger partial charge >= 0.3 is 0 Å². The average molecular weight is 420 g/mol. The molecule has 3 heterocycles. The number of hydrogen-bond donors (Lipinski definition) is 0. The number of fused-ring (bicyclic) bond motifs is 1. The van der Waals surface area contributed by atoms with Crippen molar-refractivity contribution in [3.63, 3.8) is 0 Å². The number of carbonyl (C=O) groups is 2. The van der Waals surface area contributed by atoms with Gasteiger partial charge in [-0.15, -0.1) is 11.3 Å². The summed E-state index contributed by atoms with van der Waals surface area (Å²) in [5.41, 5.74) is 1.35. The minimum atomic E-state index is -0.851. The Hall–Kier alpha value is -3.16. The van der Waals surface area contributed by atoms with E-state index in [0.29, 0.717) is 18.0 Å². The molecular weight excluding hydrogens is 400 g/mol. The molecule has 6 nitrogen and oxygen atoms in total. The molecule has 2 aromatic carbocycles. The first-order chi connectivity index (χ1) is 14.7. The van der Waals surface area contributed by atoms with E-state index in [-0.39, 0.29) is 17.9 Å². The zero-order chi connectivity index (χ0) is 20.7. The maximum Gasteiger partial charge on any atom is 0.266 e. The van der Waals surface area contributed by atoms with Crippen LogP contribution in [0.4, 0.5) is 11.4 Å². The van der Waals surface area contributed by atoms with Crippen molar-refractivity contribution in [2.24, 2.45) is 5.92 Å². The SMILES string of the molecule is CCOc1ccc(N2C(=O)[C@H]3[C@H](ON(c4ccccc4)[C@@H]3c3cccs3)C2=O)cc1. The molecule has 0 bridgehead atoms. The molecule has 3 atom stereocenters. The number of benzene rings is 2. The molecule has 2 fully saturated rings. The molecule has 2 aliphatic rings. The monoisotopic (exact) mass is 420 g/mol. The van der Waals surface area contributed by atoms with E-state index >= 15 is 0 Å². The fourth-order valence-corrected chi connectivity index (χ4v) is 4.93. The largest absolute Gasteiger partial charge is 0.494 e. The van der Waals surface area contributed by atoms with Gasteiger partial charge in [0.25, 0.3) is 5.91 Å². The smallest absolute Gasteiger partial charge is 0.266 e. The van der Waals surface area contributed by atoms with Crippen molar-refractivity contribution in [2.45, 2.75) is 19.1 Å². The second-order valence-electron chi connectivity index (χ2n) is 7.11. The van der Waals surface area contributed by atoms with Crippen LogP contribution in [0.15, 0.2) is 72.1 Å². The van der Waals surface area contributed by atoms with Crippen molar-refractivity contribution in [1.29, 1.82) is 0 Å². The molecule has 2 aliphatic heterocycles. The van der Waals surface area contributed by atoms with Crippen LogP contribution in [-0.2, 0) is 14.4 Å². The van der Waals surface area contributed by atoms with Crippen LogP contribution in [0.5, 0.6) is 5.75 Å². The van der Waals surface area contributed by atoms with E-state index in [1.54, 1.807) is 40.7 Å². The summed E-state index contributed by atoms with van der Waals surface area (Å²) in [4.78, 5) is 35.0. The fourth-order valence-electron chi connectivity index (χ4n) is 4.07. The summed E-state index contributed by atoms with van der Waals surface area (Å²) in [7, 11) is 0. The van der Waals surface area contributed by atoms with E-state index in [9.17, 15) is 9.59 Å². The minimum Gasteiger partial charge on any atom is -0.494 e. The third kappa shape index (κ3) is 2.98. The Bertz CT molecular complexity index is 1050. The first-order valence-electron chi connectivity index (χ1n) is 9.84. The van der Waals surface area contributed by atoms with Gasteiger partial charge < -0.3 is 4.74 Å².